The van der Waals surface area contributed by atoms with Gasteiger partial charge in [0.05, 0.1) is 4.92 Å². The van der Waals surface area contributed by atoms with E-state index in [1.807, 2.05) is 4.90 Å². The molecule has 0 aromatic heterocycles. The van der Waals surface area contributed by atoms with Crippen LogP contribution in [-0.2, 0) is 14.3 Å². The molecule has 1 heterocycles. The number of rotatable bonds is 5. The van der Waals surface area contributed by atoms with Crippen molar-refractivity contribution < 1.29 is 19.2 Å². The topological polar surface area (TPSA) is 93.0 Å². The summed E-state index contributed by atoms with van der Waals surface area (Å²) in [5.74, 6) is -0.680. The number of piperazine rings is 1. The zero-order chi connectivity index (χ0) is 17.7. The first-order chi connectivity index (χ1) is 11.4. The van der Waals surface area contributed by atoms with Crippen molar-refractivity contribution in [2.24, 2.45) is 0 Å². The number of nitrogens with zero attached hydrogens (tertiary/aromatic N) is 3. The normalized spacial score (nSPS) is 14.4. The first-order valence-corrected chi connectivity index (χ1v) is 7.92. The largest absolute Gasteiger partial charge is 0.456 e. The highest BCUT2D eigenvalue weighted by Gasteiger charge is 2.26. The van der Waals surface area contributed by atoms with Crippen molar-refractivity contribution in [3.8, 4) is 0 Å². The predicted molar refractivity (Wildman–Crippen MR) is 88.1 cm³/mol. The fourth-order valence-corrected chi connectivity index (χ4v) is 2.61. The summed E-state index contributed by atoms with van der Waals surface area (Å²) >= 11 is 5.82. The maximum Gasteiger partial charge on any atom is 0.306 e. The molecule has 130 valence electrons. The van der Waals surface area contributed by atoms with Crippen molar-refractivity contribution in [3.63, 3.8) is 0 Å². The van der Waals surface area contributed by atoms with E-state index in [4.69, 9.17) is 16.3 Å². The van der Waals surface area contributed by atoms with Gasteiger partial charge in [0.1, 0.15) is 5.69 Å². The van der Waals surface area contributed by atoms with Gasteiger partial charge in [-0.15, -0.1) is 0 Å². The molecule has 0 bridgehead atoms. The van der Waals surface area contributed by atoms with Crippen molar-refractivity contribution in [1.82, 2.24) is 4.90 Å². The van der Waals surface area contributed by atoms with E-state index in [9.17, 15) is 19.7 Å². The van der Waals surface area contributed by atoms with Crippen LogP contribution in [0, 0.1) is 10.1 Å². The third-order valence-corrected chi connectivity index (χ3v) is 3.99. The molecule has 1 aromatic carbocycles. The smallest absolute Gasteiger partial charge is 0.306 e. The summed E-state index contributed by atoms with van der Waals surface area (Å²) in [6.45, 7) is 3.11. The number of hydrogen-bond acceptors (Lipinski definition) is 6. The molecule has 0 N–H and O–H groups in total. The minimum Gasteiger partial charge on any atom is -0.456 e. The second-order valence-electron chi connectivity index (χ2n) is 5.27. The van der Waals surface area contributed by atoms with E-state index in [1.54, 1.807) is 24.0 Å². The van der Waals surface area contributed by atoms with Crippen molar-refractivity contribution in [2.75, 3.05) is 37.7 Å². The van der Waals surface area contributed by atoms with Gasteiger partial charge in [0.25, 0.3) is 11.6 Å². The molecule has 0 saturated carbocycles. The molecule has 1 aromatic rings. The number of halogens is 1. The summed E-state index contributed by atoms with van der Waals surface area (Å²) in [6, 6.07) is 4.53. The number of carbonyl (C=O) groups is 2. The Hall–Kier alpha value is -2.35. The van der Waals surface area contributed by atoms with E-state index >= 15 is 0 Å². The number of esters is 1. The summed E-state index contributed by atoms with van der Waals surface area (Å²) in [4.78, 5) is 37.2. The second kappa shape index (κ2) is 7.96. The monoisotopic (exact) mass is 355 g/mol. The van der Waals surface area contributed by atoms with Crippen molar-refractivity contribution >= 4 is 34.9 Å². The maximum absolute atomic E-state index is 12.0. The van der Waals surface area contributed by atoms with Gasteiger partial charge in [0.2, 0.25) is 0 Å². The molecule has 1 aliphatic heterocycles. The molecule has 0 spiro atoms. The van der Waals surface area contributed by atoms with E-state index in [0.717, 1.165) is 0 Å². The molecule has 0 unspecified atom stereocenters. The molecule has 1 aliphatic rings. The number of benzene rings is 1. The van der Waals surface area contributed by atoms with Crippen LogP contribution in [0.4, 0.5) is 11.4 Å². The summed E-state index contributed by atoms with van der Waals surface area (Å²) in [5, 5.41) is 11.5. The van der Waals surface area contributed by atoms with Gasteiger partial charge in [-0.05, 0) is 12.1 Å². The van der Waals surface area contributed by atoms with Crippen LogP contribution in [0.25, 0.3) is 0 Å². The summed E-state index contributed by atoms with van der Waals surface area (Å²) < 4.78 is 4.83. The van der Waals surface area contributed by atoms with Crippen LogP contribution in [-0.4, -0.2) is 54.5 Å². The van der Waals surface area contributed by atoms with Gasteiger partial charge in [-0.3, -0.25) is 19.7 Å². The minimum absolute atomic E-state index is 0.0563. The lowest BCUT2D eigenvalue weighted by molar-refractivity contribution is -0.384. The third kappa shape index (κ3) is 4.35. The molecule has 0 radical (unpaired) electrons. The lowest BCUT2D eigenvalue weighted by Crippen LogP contribution is -2.50. The zero-order valence-electron chi connectivity index (χ0n) is 13.2. The molecule has 8 nitrogen and oxygen atoms in total. The summed E-state index contributed by atoms with van der Waals surface area (Å²) in [7, 11) is 0. The number of nitro groups is 1. The fourth-order valence-electron chi connectivity index (χ4n) is 2.44. The summed E-state index contributed by atoms with van der Waals surface area (Å²) in [5.41, 5.74) is 0.424. The molecule has 1 fully saturated rings. The highest BCUT2D eigenvalue weighted by Crippen LogP contribution is 2.31. The van der Waals surface area contributed by atoms with Crippen molar-refractivity contribution in [2.45, 2.75) is 13.3 Å². The Balaban J connectivity index is 1.97. The van der Waals surface area contributed by atoms with Crippen molar-refractivity contribution in [1.29, 1.82) is 0 Å². The highest BCUT2D eigenvalue weighted by molar-refractivity contribution is 6.30. The van der Waals surface area contributed by atoms with Crippen LogP contribution >= 0.6 is 11.6 Å². The highest BCUT2D eigenvalue weighted by atomic mass is 35.5. The summed E-state index contributed by atoms with van der Waals surface area (Å²) in [6.07, 6.45) is 0.224. The van der Waals surface area contributed by atoms with Gasteiger partial charge >= 0.3 is 5.97 Å². The van der Waals surface area contributed by atoms with E-state index in [2.05, 4.69) is 0 Å². The van der Waals surface area contributed by atoms with E-state index in [1.165, 1.54) is 6.07 Å². The first kappa shape index (κ1) is 18.0. The molecular formula is C15H18ClN3O5. The zero-order valence-corrected chi connectivity index (χ0v) is 14.0. The van der Waals surface area contributed by atoms with Crippen LogP contribution < -0.4 is 4.90 Å². The Labute approximate surface area is 144 Å². The van der Waals surface area contributed by atoms with Gasteiger partial charge in [-0.25, -0.2) is 0 Å². The average molecular weight is 356 g/mol. The van der Waals surface area contributed by atoms with Crippen molar-refractivity contribution in [3.05, 3.63) is 33.3 Å². The number of nitro benzene ring substituents is 1. The second-order valence-corrected chi connectivity index (χ2v) is 5.71. The third-order valence-electron chi connectivity index (χ3n) is 3.75. The van der Waals surface area contributed by atoms with Gasteiger partial charge in [0, 0.05) is 43.7 Å². The Morgan fingerprint density at radius 2 is 1.96 bits per heavy atom. The van der Waals surface area contributed by atoms with E-state index in [-0.39, 0.29) is 24.6 Å². The van der Waals surface area contributed by atoms with Crippen LogP contribution in [0.5, 0.6) is 0 Å². The van der Waals surface area contributed by atoms with Gasteiger partial charge in [-0.1, -0.05) is 18.5 Å². The lowest BCUT2D eigenvalue weighted by Gasteiger charge is -2.35. The number of carbonyl (C=O) groups excluding carboxylic acids is 2. The molecule has 24 heavy (non-hydrogen) atoms. The number of amides is 1. The van der Waals surface area contributed by atoms with Gasteiger partial charge in [0.15, 0.2) is 6.61 Å². The Kier molecular flexibility index (Phi) is 5.97. The minimum atomic E-state index is -0.469. The van der Waals surface area contributed by atoms with Gasteiger partial charge in [-0.2, -0.15) is 0 Å². The standard InChI is InChI=1S/C15H18ClN3O5/c1-2-15(21)24-10-14(20)18-7-5-17(6-8-18)12-4-3-11(16)9-13(12)19(22)23/h3-4,9H,2,5-8,10H2,1H3. The van der Waals surface area contributed by atoms with E-state index < -0.39 is 10.9 Å². The van der Waals surface area contributed by atoms with Crippen LogP contribution in [0.15, 0.2) is 18.2 Å². The Morgan fingerprint density at radius 3 is 2.54 bits per heavy atom. The molecule has 1 amide bonds. The van der Waals surface area contributed by atoms with E-state index in [0.29, 0.717) is 36.9 Å². The Bertz CT molecular complexity index is 644. The number of ether oxygens (including phenoxy) is 1. The van der Waals surface area contributed by atoms with Crippen LogP contribution in [0.3, 0.4) is 0 Å². The molecule has 2 rings (SSSR count). The maximum atomic E-state index is 12.0. The molecule has 9 heteroatoms. The van der Waals surface area contributed by atoms with Crippen LogP contribution in [0.2, 0.25) is 5.02 Å². The quantitative estimate of drug-likeness (QED) is 0.454. The van der Waals surface area contributed by atoms with Crippen LogP contribution in [0.1, 0.15) is 13.3 Å². The SMILES string of the molecule is CCC(=O)OCC(=O)N1CCN(c2ccc(Cl)cc2[N+](=O)[O-])CC1. The average Bonchev–Trinajstić information content (AvgIpc) is 2.59. The fraction of sp³-hybridized carbons (Fsp3) is 0.467. The Morgan fingerprint density at radius 1 is 1.29 bits per heavy atom. The molecule has 1 saturated heterocycles. The predicted octanol–water partition coefficient (Wildman–Crippen LogP) is 1.85. The molecular weight excluding hydrogens is 338 g/mol. The molecule has 0 aliphatic carbocycles. The van der Waals surface area contributed by atoms with Gasteiger partial charge < -0.3 is 14.5 Å². The number of anilines is 1. The first-order valence-electron chi connectivity index (χ1n) is 7.54. The molecule has 0 atom stereocenters. The lowest BCUT2D eigenvalue weighted by atomic mass is 10.2. The number of hydrogen-bond donors (Lipinski definition) is 0.